The van der Waals surface area contributed by atoms with E-state index < -0.39 is 0 Å². The van der Waals surface area contributed by atoms with E-state index in [0.717, 1.165) is 36.4 Å². The molecule has 190 valence electrons. The quantitative estimate of drug-likeness (QED) is 0.345. The molecule has 4 aromatic rings. The molecule has 37 heavy (non-hydrogen) atoms. The number of hydrogen-bond acceptors (Lipinski definition) is 9. The Labute approximate surface area is 217 Å². The van der Waals surface area contributed by atoms with Gasteiger partial charge < -0.3 is 15.2 Å². The van der Waals surface area contributed by atoms with Crippen LogP contribution in [-0.2, 0) is 35.9 Å². The molecule has 1 aliphatic rings. The van der Waals surface area contributed by atoms with Gasteiger partial charge in [0.15, 0.2) is 5.82 Å². The van der Waals surface area contributed by atoms with Crippen LogP contribution in [0.2, 0.25) is 0 Å². The van der Waals surface area contributed by atoms with E-state index in [-0.39, 0.29) is 24.7 Å². The Balaban J connectivity index is 1.08. The lowest BCUT2D eigenvalue weighted by Gasteiger charge is -2.09. The molecule has 0 radical (unpaired) electrons. The molecule has 1 aliphatic carbocycles. The van der Waals surface area contributed by atoms with Crippen molar-refractivity contribution in [2.24, 2.45) is 13.0 Å². The highest BCUT2D eigenvalue weighted by Crippen LogP contribution is 2.41. The van der Waals surface area contributed by atoms with Crippen LogP contribution in [0.1, 0.15) is 47.3 Å². The average Bonchev–Trinajstić information content (AvgIpc) is 3.63. The zero-order valence-corrected chi connectivity index (χ0v) is 21.2. The number of nitrogens with zero attached hydrogens (tertiary/aromatic N) is 7. The van der Waals surface area contributed by atoms with Crippen LogP contribution < -0.4 is 10.6 Å². The van der Waals surface area contributed by atoms with Gasteiger partial charge in [0, 0.05) is 31.1 Å². The second-order valence-electron chi connectivity index (χ2n) is 9.24. The van der Waals surface area contributed by atoms with Crippen molar-refractivity contribution >= 4 is 34.1 Å². The molecule has 2 amide bonds. The van der Waals surface area contributed by atoms with E-state index in [4.69, 9.17) is 0 Å². The number of nitrogens with one attached hydrogen (secondary N) is 2. The molecule has 0 aromatic carbocycles. The molecule has 0 aliphatic heterocycles. The van der Waals surface area contributed by atoms with Crippen molar-refractivity contribution in [3.8, 4) is 0 Å². The molecular formula is C25H27N9O2S. The first-order chi connectivity index (χ1) is 18.0. The van der Waals surface area contributed by atoms with Crippen LogP contribution in [0.3, 0.4) is 0 Å². The van der Waals surface area contributed by atoms with Crippen LogP contribution in [-0.4, -0.2) is 46.7 Å². The molecule has 1 saturated carbocycles. The zero-order chi connectivity index (χ0) is 25.6. The van der Waals surface area contributed by atoms with Gasteiger partial charge in [-0.15, -0.1) is 15.3 Å². The van der Waals surface area contributed by atoms with Crippen LogP contribution in [0.25, 0.3) is 0 Å². The molecule has 11 nitrogen and oxygen atoms in total. The Morgan fingerprint density at radius 2 is 1.81 bits per heavy atom. The lowest BCUT2D eigenvalue weighted by atomic mass is 10.00. The van der Waals surface area contributed by atoms with Crippen molar-refractivity contribution < 1.29 is 9.59 Å². The number of imidazole rings is 1. The summed E-state index contributed by atoms with van der Waals surface area (Å²) in [5, 5.41) is 24.1. The van der Waals surface area contributed by atoms with Crippen molar-refractivity contribution in [3.05, 3.63) is 71.1 Å². The number of hydrogen-bond donors (Lipinski definition) is 2. The zero-order valence-electron chi connectivity index (χ0n) is 20.4. The molecular weight excluding hydrogens is 490 g/mol. The number of amides is 2. The van der Waals surface area contributed by atoms with Gasteiger partial charge in [-0.2, -0.15) is 5.10 Å². The Morgan fingerprint density at radius 1 is 0.946 bits per heavy atom. The summed E-state index contributed by atoms with van der Waals surface area (Å²) in [6, 6.07) is 9.18. The van der Waals surface area contributed by atoms with Gasteiger partial charge in [0.25, 0.3) is 0 Å². The minimum atomic E-state index is -0.177. The van der Waals surface area contributed by atoms with Gasteiger partial charge in [-0.3, -0.25) is 14.6 Å². The number of rotatable bonds is 9. The third-order valence-electron chi connectivity index (χ3n) is 6.23. The Hall–Kier alpha value is -4.06. The SMILES string of the molecule is Cn1cnc(CC(=O)Nc2nnc(C3CCC(Cc4ccc(NC(=O)Cc5ccccn5)nn4)C3)s2)c1. The average molecular weight is 518 g/mol. The summed E-state index contributed by atoms with van der Waals surface area (Å²) in [6.45, 7) is 0. The normalized spacial score (nSPS) is 17.0. The minimum Gasteiger partial charge on any atom is -0.340 e. The number of aromatic nitrogens is 7. The highest BCUT2D eigenvalue weighted by molar-refractivity contribution is 7.15. The lowest BCUT2D eigenvalue weighted by molar-refractivity contribution is -0.116. The first kappa shape index (κ1) is 24.6. The number of pyridine rings is 1. The van der Waals surface area contributed by atoms with Gasteiger partial charge in [-0.1, -0.05) is 17.4 Å². The van der Waals surface area contributed by atoms with Gasteiger partial charge in [0.2, 0.25) is 16.9 Å². The first-order valence-corrected chi connectivity index (χ1v) is 12.9. The van der Waals surface area contributed by atoms with Gasteiger partial charge in [-0.25, -0.2) is 4.98 Å². The van der Waals surface area contributed by atoms with Crippen LogP contribution in [0.5, 0.6) is 0 Å². The molecule has 4 aromatic heterocycles. The lowest BCUT2D eigenvalue weighted by Crippen LogP contribution is -2.16. The van der Waals surface area contributed by atoms with Gasteiger partial charge in [0.05, 0.1) is 30.6 Å². The summed E-state index contributed by atoms with van der Waals surface area (Å²) in [6.07, 6.45) is 9.44. The summed E-state index contributed by atoms with van der Waals surface area (Å²) >= 11 is 1.44. The van der Waals surface area contributed by atoms with Crippen LogP contribution in [0, 0.1) is 5.92 Å². The number of carbonyl (C=O) groups excluding carboxylic acids is 2. The maximum Gasteiger partial charge on any atom is 0.232 e. The topological polar surface area (TPSA) is 140 Å². The molecule has 0 saturated heterocycles. The van der Waals surface area contributed by atoms with E-state index in [1.807, 2.05) is 42.1 Å². The molecule has 4 heterocycles. The van der Waals surface area contributed by atoms with Crippen molar-refractivity contribution in [3.63, 3.8) is 0 Å². The monoisotopic (exact) mass is 517 g/mol. The fourth-order valence-electron chi connectivity index (χ4n) is 4.51. The van der Waals surface area contributed by atoms with Crippen LogP contribution in [0.15, 0.2) is 49.1 Å². The van der Waals surface area contributed by atoms with Crippen LogP contribution >= 0.6 is 11.3 Å². The third kappa shape index (κ3) is 6.79. The Bertz CT molecular complexity index is 1350. The second-order valence-corrected chi connectivity index (χ2v) is 10.2. The van der Waals surface area contributed by atoms with Gasteiger partial charge >= 0.3 is 0 Å². The van der Waals surface area contributed by atoms with Crippen LogP contribution in [0.4, 0.5) is 10.9 Å². The van der Waals surface area contributed by atoms with Crippen molar-refractivity contribution in [2.75, 3.05) is 10.6 Å². The minimum absolute atomic E-state index is 0.152. The predicted molar refractivity (Wildman–Crippen MR) is 138 cm³/mol. The van der Waals surface area contributed by atoms with Crippen molar-refractivity contribution in [1.29, 1.82) is 0 Å². The van der Waals surface area contributed by atoms with E-state index in [2.05, 4.69) is 41.0 Å². The van der Waals surface area contributed by atoms with Gasteiger partial charge in [0.1, 0.15) is 5.01 Å². The summed E-state index contributed by atoms with van der Waals surface area (Å²) in [5.74, 6) is 0.891. The van der Waals surface area contributed by atoms with Crippen molar-refractivity contribution in [1.82, 2.24) is 34.9 Å². The Kier molecular flexibility index (Phi) is 7.54. The number of carbonyl (C=O) groups is 2. The number of anilines is 2. The summed E-state index contributed by atoms with van der Waals surface area (Å²) < 4.78 is 1.81. The second kappa shape index (κ2) is 11.3. The predicted octanol–water partition coefficient (Wildman–Crippen LogP) is 2.95. The van der Waals surface area contributed by atoms with E-state index in [1.54, 1.807) is 18.6 Å². The maximum absolute atomic E-state index is 12.3. The molecule has 5 rings (SSSR count). The van der Waals surface area contributed by atoms with Crippen molar-refractivity contribution in [2.45, 2.75) is 44.4 Å². The van der Waals surface area contributed by atoms with E-state index in [0.29, 0.717) is 34.2 Å². The van der Waals surface area contributed by atoms with E-state index in [1.165, 1.54) is 11.3 Å². The highest BCUT2D eigenvalue weighted by atomic mass is 32.1. The largest absolute Gasteiger partial charge is 0.340 e. The fourth-order valence-corrected chi connectivity index (χ4v) is 5.41. The standard InChI is InChI=1S/C25H27N9O2S/c1-34-14-20(27-15-34)13-23(36)29-25-33-32-24(37-25)17-6-5-16(10-17)11-19-7-8-21(31-30-19)28-22(35)12-18-4-2-3-9-26-18/h2-4,7-9,14-17H,5-6,10-13H2,1H3,(H,28,31,35)(H,29,33,36). The van der Waals surface area contributed by atoms with Gasteiger partial charge in [-0.05, 0) is 55.9 Å². The molecule has 0 spiro atoms. The summed E-state index contributed by atoms with van der Waals surface area (Å²) in [5.41, 5.74) is 2.31. The summed E-state index contributed by atoms with van der Waals surface area (Å²) in [4.78, 5) is 32.8. The first-order valence-electron chi connectivity index (χ1n) is 12.1. The molecule has 12 heteroatoms. The van der Waals surface area contributed by atoms with E-state index in [9.17, 15) is 9.59 Å². The molecule has 0 bridgehead atoms. The molecule has 1 fully saturated rings. The number of aryl methyl sites for hydroxylation is 1. The molecule has 2 atom stereocenters. The smallest absolute Gasteiger partial charge is 0.232 e. The fraction of sp³-hybridized carbons (Fsp3) is 0.360. The Morgan fingerprint density at radius 3 is 2.57 bits per heavy atom. The van der Waals surface area contributed by atoms with E-state index >= 15 is 0 Å². The third-order valence-corrected chi connectivity index (χ3v) is 7.23. The molecule has 2 N–H and O–H groups in total. The maximum atomic E-state index is 12.3. The summed E-state index contributed by atoms with van der Waals surface area (Å²) in [7, 11) is 1.87. The highest BCUT2D eigenvalue weighted by Gasteiger charge is 2.29. The molecule has 2 unspecified atom stereocenters.